The number of hydrogen-bond donors (Lipinski definition) is 0. The van der Waals surface area contributed by atoms with E-state index >= 15 is 0 Å². The fraction of sp³-hybridized carbons (Fsp3) is 0.333. The number of rotatable bonds is 2. The van der Waals surface area contributed by atoms with Gasteiger partial charge in [-0.25, -0.2) is 0 Å². The van der Waals surface area contributed by atoms with Crippen molar-refractivity contribution in [2.75, 3.05) is 7.11 Å². The van der Waals surface area contributed by atoms with Crippen molar-refractivity contribution in [3.05, 3.63) is 28.4 Å². The molecule has 80 valence electrons. The van der Waals surface area contributed by atoms with Crippen LogP contribution in [-0.2, 0) is 6.54 Å². The van der Waals surface area contributed by atoms with Crippen molar-refractivity contribution in [1.29, 1.82) is 0 Å². The molecule has 0 fully saturated rings. The van der Waals surface area contributed by atoms with E-state index in [9.17, 15) is 0 Å². The summed E-state index contributed by atoms with van der Waals surface area (Å²) >= 11 is 3.62. The molecule has 1 aromatic carbocycles. The summed E-state index contributed by atoms with van der Waals surface area (Å²) in [5.41, 5.74) is 2.51. The monoisotopic (exact) mass is 267 g/mol. The standard InChI is InChI=1S/C12H14BrNO/c1-4-14-11-7-9(15-3)5-6-10(11)8(2)12(14)13/h5-7H,4H2,1-3H3. The van der Waals surface area contributed by atoms with E-state index in [2.05, 4.69) is 46.5 Å². The first-order valence-electron chi connectivity index (χ1n) is 5.01. The van der Waals surface area contributed by atoms with Crippen LogP contribution in [0.3, 0.4) is 0 Å². The van der Waals surface area contributed by atoms with Gasteiger partial charge in [-0.05, 0) is 47.5 Å². The molecule has 2 rings (SSSR count). The van der Waals surface area contributed by atoms with E-state index in [0.717, 1.165) is 16.9 Å². The van der Waals surface area contributed by atoms with Gasteiger partial charge in [0.05, 0.1) is 17.2 Å². The molecule has 0 unspecified atom stereocenters. The van der Waals surface area contributed by atoms with Gasteiger partial charge >= 0.3 is 0 Å². The molecular formula is C12H14BrNO. The molecule has 0 aliphatic rings. The number of fused-ring (bicyclic) bond motifs is 1. The number of benzene rings is 1. The van der Waals surface area contributed by atoms with Crippen LogP contribution in [0.1, 0.15) is 12.5 Å². The van der Waals surface area contributed by atoms with Crippen LogP contribution >= 0.6 is 15.9 Å². The highest BCUT2D eigenvalue weighted by atomic mass is 79.9. The van der Waals surface area contributed by atoms with Gasteiger partial charge in [0.1, 0.15) is 5.75 Å². The van der Waals surface area contributed by atoms with E-state index in [1.807, 2.05) is 6.07 Å². The molecule has 1 heterocycles. The van der Waals surface area contributed by atoms with Crippen molar-refractivity contribution >= 4 is 26.8 Å². The van der Waals surface area contributed by atoms with Gasteiger partial charge in [0.15, 0.2) is 0 Å². The summed E-state index contributed by atoms with van der Waals surface area (Å²) in [6.45, 7) is 5.23. The zero-order chi connectivity index (χ0) is 11.0. The number of ether oxygens (including phenoxy) is 1. The molecule has 15 heavy (non-hydrogen) atoms. The Morgan fingerprint density at radius 1 is 1.40 bits per heavy atom. The first kappa shape index (κ1) is 10.6. The van der Waals surface area contributed by atoms with E-state index in [-0.39, 0.29) is 0 Å². The quantitative estimate of drug-likeness (QED) is 0.809. The topological polar surface area (TPSA) is 14.2 Å². The average molecular weight is 268 g/mol. The second-order valence-corrected chi connectivity index (χ2v) is 4.29. The third-order valence-electron chi connectivity index (χ3n) is 2.76. The average Bonchev–Trinajstić information content (AvgIpc) is 2.51. The highest BCUT2D eigenvalue weighted by molar-refractivity contribution is 9.10. The van der Waals surface area contributed by atoms with E-state index in [4.69, 9.17) is 4.74 Å². The van der Waals surface area contributed by atoms with Gasteiger partial charge in [0, 0.05) is 18.0 Å². The molecule has 3 heteroatoms. The van der Waals surface area contributed by atoms with Crippen LogP contribution in [0.4, 0.5) is 0 Å². The zero-order valence-electron chi connectivity index (χ0n) is 9.17. The molecular weight excluding hydrogens is 254 g/mol. The predicted molar refractivity (Wildman–Crippen MR) is 66.6 cm³/mol. The molecule has 0 atom stereocenters. The normalized spacial score (nSPS) is 10.9. The molecule has 2 nitrogen and oxygen atoms in total. The molecule has 1 aromatic heterocycles. The lowest BCUT2D eigenvalue weighted by molar-refractivity contribution is 0.415. The highest BCUT2D eigenvalue weighted by Crippen LogP contribution is 2.31. The number of aromatic nitrogens is 1. The minimum Gasteiger partial charge on any atom is -0.497 e. The summed E-state index contributed by atoms with van der Waals surface area (Å²) in [4.78, 5) is 0. The number of hydrogen-bond acceptors (Lipinski definition) is 1. The molecule has 0 aliphatic carbocycles. The fourth-order valence-electron chi connectivity index (χ4n) is 1.91. The minimum absolute atomic E-state index is 0.905. The van der Waals surface area contributed by atoms with Gasteiger partial charge in [-0.1, -0.05) is 0 Å². The summed E-state index contributed by atoms with van der Waals surface area (Å²) in [6.07, 6.45) is 0. The number of nitrogens with zero attached hydrogens (tertiary/aromatic N) is 1. The van der Waals surface area contributed by atoms with Gasteiger partial charge in [-0.3, -0.25) is 0 Å². The second kappa shape index (κ2) is 3.89. The first-order chi connectivity index (χ1) is 7.19. The van der Waals surface area contributed by atoms with Gasteiger partial charge < -0.3 is 9.30 Å². The van der Waals surface area contributed by atoms with Crippen LogP contribution in [0, 0.1) is 6.92 Å². The molecule has 0 N–H and O–H groups in total. The van der Waals surface area contributed by atoms with Crippen LogP contribution in [0.15, 0.2) is 22.8 Å². The number of halogens is 1. The van der Waals surface area contributed by atoms with E-state index in [1.54, 1.807) is 7.11 Å². The Bertz CT molecular complexity index is 502. The van der Waals surface area contributed by atoms with Gasteiger partial charge in [-0.15, -0.1) is 0 Å². The third-order valence-corrected chi connectivity index (χ3v) is 3.79. The van der Waals surface area contributed by atoms with E-state index in [0.29, 0.717) is 0 Å². The summed E-state index contributed by atoms with van der Waals surface area (Å²) in [7, 11) is 1.70. The first-order valence-corrected chi connectivity index (χ1v) is 5.80. The van der Waals surface area contributed by atoms with Crippen LogP contribution in [0.2, 0.25) is 0 Å². The zero-order valence-corrected chi connectivity index (χ0v) is 10.8. The lowest BCUT2D eigenvalue weighted by Gasteiger charge is -2.04. The maximum absolute atomic E-state index is 5.24. The fourth-order valence-corrected chi connectivity index (χ4v) is 2.56. The molecule has 0 amide bonds. The molecule has 0 radical (unpaired) electrons. The Kier molecular flexibility index (Phi) is 2.74. The summed E-state index contributed by atoms with van der Waals surface area (Å²) in [6, 6.07) is 6.19. The van der Waals surface area contributed by atoms with Crippen molar-refractivity contribution in [3.63, 3.8) is 0 Å². The van der Waals surface area contributed by atoms with Crippen molar-refractivity contribution < 1.29 is 4.74 Å². The van der Waals surface area contributed by atoms with Crippen LogP contribution in [-0.4, -0.2) is 11.7 Å². The van der Waals surface area contributed by atoms with Gasteiger partial charge in [-0.2, -0.15) is 0 Å². The Labute approximate surface area is 98.0 Å². The third kappa shape index (κ3) is 1.55. The highest BCUT2D eigenvalue weighted by Gasteiger charge is 2.11. The smallest absolute Gasteiger partial charge is 0.120 e. The van der Waals surface area contributed by atoms with Crippen molar-refractivity contribution in [1.82, 2.24) is 4.57 Å². The summed E-state index contributed by atoms with van der Waals surface area (Å²) < 4.78 is 8.65. The van der Waals surface area contributed by atoms with Crippen LogP contribution in [0.25, 0.3) is 10.9 Å². The molecule has 0 aliphatic heterocycles. The Morgan fingerprint density at radius 2 is 2.13 bits per heavy atom. The van der Waals surface area contributed by atoms with Crippen molar-refractivity contribution in [2.24, 2.45) is 0 Å². The predicted octanol–water partition coefficient (Wildman–Crippen LogP) is 3.74. The summed E-state index contributed by atoms with van der Waals surface area (Å²) in [5, 5.41) is 1.28. The van der Waals surface area contributed by atoms with Crippen molar-refractivity contribution in [2.45, 2.75) is 20.4 Å². The van der Waals surface area contributed by atoms with E-state index in [1.165, 1.54) is 16.5 Å². The summed E-state index contributed by atoms with van der Waals surface area (Å²) in [5.74, 6) is 0.905. The van der Waals surface area contributed by atoms with Gasteiger partial charge in [0.2, 0.25) is 0 Å². The van der Waals surface area contributed by atoms with Gasteiger partial charge in [0.25, 0.3) is 0 Å². The largest absolute Gasteiger partial charge is 0.497 e. The Morgan fingerprint density at radius 3 is 2.73 bits per heavy atom. The number of aryl methyl sites for hydroxylation is 2. The maximum Gasteiger partial charge on any atom is 0.120 e. The number of methoxy groups -OCH3 is 1. The SMILES string of the molecule is CCn1c(Br)c(C)c2ccc(OC)cc21. The molecule has 0 saturated carbocycles. The maximum atomic E-state index is 5.24. The lowest BCUT2D eigenvalue weighted by Crippen LogP contribution is -1.93. The van der Waals surface area contributed by atoms with Crippen LogP contribution < -0.4 is 4.74 Å². The molecule has 0 bridgehead atoms. The van der Waals surface area contributed by atoms with Crippen LogP contribution in [0.5, 0.6) is 5.75 Å². The minimum atomic E-state index is 0.905. The van der Waals surface area contributed by atoms with E-state index < -0.39 is 0 Å². The molecule has 0 saturated heterocycles. The lowest BCUT2D eigenvalue weighted by atomic mass is 10.2. The molecule has 2 aromatic rings. The second-order valence-electron chi connectivity index (χ2n) is 3.54. The molecule has 0 spiro atoms. The Hall–Kier alpha value is -0.960. The Balaban J connectivity index is 2.80. The van der Waals surface area contributed by atoms with Crippen molar-refractivity contribution in [3.8, 4) is 5.75 Å².